The SMILES string of the molecule is C=C1CN(c2nc3sccn3c2C=O)C1. The summed E-state index contributed by atoms with van der Waals surface area (Å²) in [6.07, 6.45) is 2.73. The molecular weight excluding hydrogens is 210 g/mol. The highest BCUT2D eigenvalue weighted by Crippen LogP contribution is 2.27. The number of aldehydes is 1. The minimum atomic E-state index is 0.638. The molecule has 0 bridgehead atoms. The number of hydrogen-bond acceptors (Lipinski definition) is 4. The Morgan fingerprint density at radius 3 is 3.00 bits per heavy atom. The Kier molecular flexibility index (Phi) is 1.70. The molecule has 0 aromatic carbocycles. The van der Waals surface area contributed by atoms with Gasteiger partial charge in [-0.1, -0.05) is 6.58 Å². The summed E-state index contributed by atoms with van der Waals surface area (Å²) in [5, 5.41) is 1.92. The number of rotatable bonds is 2. The van der Waals surface area contributed by atoms with Gasteiger partial charge in [-0.25, -0.2) is 4.98 Å². The summed E-state index contributed by atoms with van der Waals surface area (Å²) in [5.74, 6) is 0.782. The predicted molar refractivity (Wildman–Crippen MR) is 59.8 cm³/mol. The van der Waals surface area contributed by atoms with E-state index in [4.69, 9.17) is 0 Å². The fraction of sp³-hybridized carbons (Fsp3) is 0.200. The number of aromatic nitrogens is 2. The normalized spacial score (nSPS) is 15.7. The second-order valence-corrected chi connectivity index (χ2v) is 4.47. The third-order valence-electron chi connectivity index (χ3n) is 2.52. The number of imidazole rings is 1. The van der Waals surface area contributed by atoms with E-state index in [1.807, 2.05) is 16.0 Å². The number of carbonyl (C=O) groups is 1. The lowest BCUT2D eigenvalue weighted by Gasteiger charge is -2.33. The molecule has 0 atom stereocenters. The molecule has 0 saturated carbocycles. The summed E-state index contributed by atoms with van der Waals surface area (Å²) in [4.78, 5) is 18.4. The van der Waals surface area contributed by atoms with E-state index in [1.54, 1.807) is 0 Å². The van der Waals surface area contributed by atoms with Gasteiger partial charge in [0.15, 0.2) is 17.1 Å². The van der Waals surface area contributed by atoms with Crippen molar-refractivity contribution in [3.63, 3.8) is 0 Å². The van der Waals surface area contributed by atoms with Gasteiger partial charge in [-0.2, -0.15) is 0 Å². The number of carbonyl (C=O) groups excluding carboxylic acids is 1. The fourth-order valence-electron chi connectivity index (χ4n) is 1.78. The average molecular weight is 219 g/mol. The molecule has 15 heavy (non-hydrogen) atoms. The number of anilines is 1. The molecule has 0 aliphatic carbocycles. The Labute approximate surface area is 90.5 Å². The molecule has 0 spiro atoms. The van der Waals surface area contributed by atoms with Gasteiger partial charge in [0.2, 0.25) is 0 Å². The molecule has 5 heteroatoms. The number of thiazole rings is 1. The van der Waals surface area contributed by atoms with Crippen LogP contribution in [0.4, 0.5) is 5.82 Å². The van der Waals surface area contributed by atoms with Crippen LogP contribution in [0.15, 0.2) is 23.7 Å². The Morgan fingerprint density at radius 1 is 1.53 bits per heavy atom. The highest BCUT2D eigenvalue weighted by atomic mass is 32.1. The fourth-order valence-corrected chi connectivity index (χ4v) is 2.49. The summed E-state index contributed by atoms with van der Waals surface area (Å²) in [5.41, 5.74) is 1.82. The first-order valence-electron chi connectivity index (χ1n) is 4.62. The van der Waals surface area contributed by atoms with Crippen LogP contribution in [0, 0.1) is 0 Å². The zero-order valence-electron chi connectivity index (χ0n) is 8.01. The van der Waals surface area contributed by atoms with Crippen molar-refractivity contribution in [3.8, 4) is 0 Å². The Morgan fingerprint density at radius 2 is 2.33 bits per heavy atom. The molecule has 2 aromatic heterocycles. The minimum Gasteiger partial charge on any atom is -0.347 e. The van der Waals surface area contributed by atoms with Gasteiger partial charge in [-0.15, -0.1) is 11.3 Å². The minimum absolute atomic E-state index is 0.638. The molecule has 3 rings (SSSR count). The molecule has 3 heterocycles. The van der Waals surface area contributed by atoms with E-state index in [9.17, 15) is 4.79 Å². The maximum Gasteiger partial charge on any atom is 0.196 e. The van der Waals surface area contributed by atoms with E-state index >= 15 is 0 Å². The van der Waals surface area contributed by atoms with Gasteiger partial charge in [0.05, 0.1) is 0 Å². The largest absolute Gasteiger partial charge is 0.347 e. The molecule has 76 valence electrons. The van der Waals surface area contributed by atoms with Crippen molar-refractivity contribution in [2.45, 2.75) is 0 Å². The van der Waals surface area contributed by atoms with Gasteiger partial charge >= 0.3 is 0 Å². The van der Waals surface area contributed by atoms with Crippen LogP contribution in [-0.4, -0.2) is 28.8 Å². The van der Waals surface area contributed by atoms with E-state index in [1.165, 1.54) is 16.9 Å². The van der Waals surface area contributed by atoms with Crippen LogP contribution >= 0.6 is 11.3 Å². The van der Waals surface area contributed by atoms with E-state index in [0.29, 0.717) is 5.69 Å². The second kappa shape index (κ2) is 2.93. The lowest BCUT2D eigenvalue weighted by molar-refractivity contribution is 0.111. The van der Waals surface area contributed by atoms with Crippen LogP contribution in [0.1, 0.15) is 10.5 Å². The Bertz CT molecular complexity index is 546. The van der Waals surface area contributed by atoms with Crippen LogP contribution in [0.25, 0.3) is 4.96 Å². The van der Waals surface area contributed by atoms with Crippen molar-refractivity contribution < 1.29 is 4.79 Å². The highest BCUT2D eigenvalue weighted by molar-refractivity contribution is 7.15. The number of hydrogen-bond donors (Lipinski definition) is 0. The molecule has 4 nitrogen and oxygen atoms in total. The zero-order valence-corrected chi connectivity index (χ0v) is 8.83. The van der Waals surface area contributed by atoms with Crippen LogP contribution in [0.3, 0.4) is 0 Å². The van der Waals surface area contributed by atoms with Crippen molar-refractivity contribution in [2.75, 3.05) is 18.0 Å². The van der Waals surface area contributed by atoms with Crippen molar-refractivity contribution in [1.29, 1.82) is 0 Å². The molecule has 2 aromatic rings. The van der Waals surface area contributed by atoms with Crippen LogP contribution in [-0.2, 0) is 0 Å². The smallest absolute Gasteiger partial charge is 0.196 e. The molecule has 0 amide bonds. The van der Waals surface area contributed by atoms with Crippen LogP contribution < -0.4 is 4.90 Å². The monoisotopic (exact) mass is 219 g/mol. The van der Waals surface area contributed by atoms with Crippen LogP contribution in [0.5, 0.6) is 0 Å². The van der Waals surface area contributed by atoms with Gasteiger partial charge in [0.1, 0.15) is 5.69 Å². The van der Waals surface area contributed by atoms with Crippen molar-refractivity contribution >= 4 is 28.4 Å². The Balaban J connectivity index is 2.13. The molecule has 0 N–H and O–H groups in total. The lowest BCUT2D eigenvalue weighted by atomic mass is 10.1. The van der Waals surface area contributed by atoms with Crippen molar-refractivity contribution in [1.82, 2.24) is 9.38 Å². The maximum absolute atomic E-state index is 11.0. The molecule has 1 fully saturated rings. The summed E-state index contributed by atoms with van der Waals surface area (Å²) in [6.45, 7) is 5.49. The molecule has 1 aliphatic heterocycles. The third-order valence-corrected chi connectivity index (χ3v) is 3.28. The second-order valence-electron chi connectivity index (χ2n) is 3.60. The molecular formula is C10H9N3OS. The number of fused-ring (bicyclic) bond motifs is 1. The van der Waals surface area contributed by atoms with Gasteiger partial charge < -0.3 is 4.90 Å². The van der Waals surface area contributed by atoms with E-state index < -0.39 is 0 Å². The van der Waals surface area contributed by atoms with Gasteiger partial charge in [-0.3, -0.25) is 9.20 Å². The first kappa shape index (κ1) is 8.67. The standard InChI is InChI=1S/C10H9N3OS/c1-7-4-12(5-7)9-8(6-14)13-2-3-15-10(13)11-9/h2-3,6H,1,4-5H2. The van der Waals surface area contributed by atoms with Gasteiger partial charge in [0, 0.05) is 24.7 Å². The zero-order chi connectivity index (χ0) is 10.4. The summed E-state index contributed by atoms with van der Waals surface area (Å²) >= 11 is 1.53. The molecule has 0 unspecified atom stereocenters. The molecule has 0 radical (unpaired) electrons. The van der Waals surface area contributed by atoms with E-state index in [0.717, 1.165) is 30.2 Å². The van der Waals surface area contributed by atoms with Crippen molar-refractivity contribution in [2.24, 2.45) is 0 Å². The quantitative estimate of drug-likeness (QED) is 0.568. The number of nitrogens with zero attached hydrogens (tertiary/aromatic N) is 3. The molecule has 1 aliphatic rings. The highest BCUT2D eigenvalue weighted by Gasteiger charge is 2.25. The van der Waals surface area contributed by atoms with Crippen LogP contribution in [0.2, 0.25) is 0 Å². The average Bonchev–Trinajstić information content (AvgIpc) is 2.71. The van der Waals surface area contributed by atoms with Crippen molar-refractivity contribution in [3.05, 3.63) is 29.4 Å². The topological polar surface area (TPSA) is 37.6 Å². The van der Waals surface area contributed by atoms with Gasteiger partial charge in [-0.05, 0) is 5.57 Å². The molecule has 1 saturated heterocycles. The van der Waals surface area contributed by atoms with E-state index in [-0.39, 0.29) is 0 Å². The lowest BCUT2D eigenvalue weighted by Crippen LogP contribution is -2.40. The summed E-state index contributed by atoms with van der Waals surface area (Å²) in [6, 6.07) is 0. The maximum atomic E-state index is 11.0. The Hall–Kier alpha value is -1.62. The third kappa shape index (κ3) is 1.13. The summed E-state index contributed by atoms with van der Waals surface area (Å²) < 4.78 is 1.83. The predicted octanol–water partition coefficient (Wildman–Crippen LogP) is 1.58. The van der Waals surface area contributed by atoms with Gasteiger partial charge in [0.25, 0.3) is 0 Å². The first-order chi connectivity index (χ1) is 7.29. The van der Waals surface area contributed by atoms with E-state index in [2.05, 4.69) is 16.5 Å². The first-order valence-corrected chi connectivity index (χ1v) is 5.50. The summed E-state index contributed by atoms with van der Waals surface area (Å²) in [7, 11) is 0.